The number of hydrogen-bond acceptors (Lipinski definition) is 7. The van der Waals surface area contributed by atoms with Crippen LogP contribution in [0.2, 0.25) is 0 Å². The highest BCUT2D eigenvalue weighted by atomic mass is 79.9. The Morgan fingerprint density at radius 3 is 2.15 bits per heavy atom. The van der Waals surface area contributed by atoms with Gasteiger partial charge in [0.25, 0.3) is 0 Å². The minimum absolute atomic E-state index is 0.0305. The van der Waals surface area contributed by atoms with Crippen LogP contribution < -0.4 is 18.4 Å². The third-order valence-electron chi connectivity index (χ3n) is 3.30. The molecule has 0 N–H and O–H groups in total. The predicted molar refractivity (Wildman–Crippen MR) is 101 cm³/mol. The zero-order valence-corrected chi connectivity index (χ0v) is 17.1. The van der Waals surface area contributed by atoms with Crippen molar-refractivity contribution in [1.82, 2.24) is 0 Å². The number of hydrogen-bond donors (Lipinski definition) is 0. The van der Waals surface area contributed by atoms with Crippen LogP contribution in [-0.2, 0) is 14.9 Å². The summed E-state index contributed by atoms with van der Waals surface area (Å²) < 4.78 is 49.4. The summed E-state index contributed by atoms with van der Waals surface area (Å²) in [5.74, 6) is 1.67. The Kier molecular flexibility index (Phi) is 6.74. The second-order valence-corrected chi connectivity index (χ2v) is 7.53. The van der Waals surface area contributed by atoms with Gasteiger partial charge in [0.2, 0.25) is 0 Å². The molecule has 0 radical (unpaired) electrons. The molecule has 0 saturated heterocycles. The van der Waals surface area contributed by atoms with E-state index in [0.717, 1.165) is 11.8 Å². The topological polar surface area (TPSA) is 80.3 Å². The van der Waals surface area contributed by atoms with Crippen LogP contribution in [0.15, 0.2) is 34.8 Å². The highest BCUT2D eigenvalue weighted by Gasteiger charge is 2.21. The highest BCUT2D eigenvalue weighted by Crippen LogP contribution is 2.48. The fraction of sp³-hybridized carbons (Fsp3) is 0.294. The van der Waals surface area contributed by atoms with Gasteiger partial charge >= 0.3 is 10.1 Å². The SMILES string of the molecule is COCOc1c(Br)c(OC)cc(-c2ccc(OS(C)(=O)=O)cc2)c1OC. The van der Waals surface area contributed by atoms with Crippen molar-refractivity contribution in [2.24, 2.45) is 0 Å². The molecule has 0 aliphatic heterocycles. The Bertz CT molecular complexity index is 864. The molecule has 2 aromatic carbocycles. The lowest BCUT2D eigenvalue weighted by Crippen LogP contribution is -2.05. The molecule has 0 unspecified atom stereocenters. The fourth-order valence-corrected chi connectivity index (χ4v) is 3.30. The van der Waals surface area contributed by atoms with Crippen LogP contribution in [0.25, 0.3) is 11.1 Å². The van der Waals surface area contributed by atoms with Crippen molar-refractivity contribution in [1.29, 1.82) is 0 Å². The zero-order chi connectivity index (χ0) is 19.3. The van der Waals surface area contributed by atoms with E-state index in [0.29, 0.717) is 27.3 Å². The van der Waals surface area contributed by atoms with E-state index in [1.165, 1.54) is 14.2 Å². The average Bonchev–Trinajstić information content (AvgIpc) is 2.59. The van der Waals surface area contributed by atoms with E-state index in [9.17, 15) is 8.42 Å². The van der Waals surface area contributed by atoms with Gasteiger partial charge in [0.1, 0.15) is 16.0 Å². The van der Waals surface area contributed by atoms with Crippen molar-refractivity contribution in [3.8, 4) is 34.1 Å². The van der Waals surface area contributed by atoms with E-state index < -0.39 is 10.1 Å². The summed E-state index contributed by atoms with van der Waals surface area (Å²) in [6.07, 6.45) is 0.989. The molecule has 0 amide bonds. The Balaban J connectivity index is 2.53. The molecule has 9 heteroatoms. The lowest BCUT2D eigenvalue weighted by molar-refractivity contribution is 0.0484. The van der Waals surface area contributed by atoms with Gasteiger partial charge in [-0.15, -0.1) is 0 Å². The molecule has 0 aliphatic carbocycles. The van der Waals surface area contributed by atoms with Crippen LogP contribution in [0.1, 0.15) is 0 Å². The lowest BCUT2D eigenvalue weighted by Gasteiger charge is -2.18. The summed E-state index contributed by atoms with van der Waals surface area (Å²) in [4.78, 5) is 0. The first kappa shape index (κ1) is 20.3. The summed E-state index contributed by atoms with van der Waals surface area (Å²) in [5, 5.41) is 0. The van der Waals surface area contributed by atoms with Crippen LogP contribution in [0.5, 0.6) is 23.0 Å². The zero-order valence-electron chi connectivity index (χ0n) is 14.7. The van der Waals surface area contributed by atoms with Gasteiger partial charge < -0.3 is 23.1 Å². The molecule has 0 spiro atoms. The minimum Gasteiger partial charge on any atom is -0.495 e. The van der Waals surface area contributed by atoms with Gasteiger partial charge in [-0.05, 0) is 39.7 Å². The molecule has 0 aliphatic rings. The van der Waals surface area contributed by atoms with Crippen LogP contribution in [0.3, 0.4) is 0 Å². The Morgan fingerprint density at radius 1 is 1.00 bits per heavy atom. The first-order valence-corrected chi connectivity index (χ1v) is 9.97. The number of rotatable bonds is 8. The number of methoxy groups -OCH3 is 3. The van der Waals surface area contributed by atoms with Crippen molar-refractivity contribution < 1.29 is 31.5 Å². The largest absolute Gasteiger partial charge is 0.495 e. The second kappa shape index (κ2) is 8.61. The number of benzene rings is 2. The predicted octanol–water partition coefficient (Wildman–Crippen LogP) is 3.45. The van der Waals surface area contributed by atoms with Crippen molar-refractivity contribution in [2.75, 3.05) is 34.4 Å². The van der Waals surface area contributed by atoms with Crippen molar-refractivity contribution in [3.63, 3.8) is 0 Å². The van der Waals surface area contributed by atoms with E-state index >= 15 is 0 Å². The fourth-order valence-electron chi connectivity index (χ4n) is 2.27. The van der Waals surface area contributed by atoms with Gasteiger partial charge in [-0.2, -0.15) is 8.42 Å². The molecule has 0 bridgehead atoms. The smallest absolute Gasteiger partial charge is 0.306 e. The van der Waals surface area contributed by atoms with Gasteiger partial charge in [0, 0.05) is 12.7 Å². The van der Waals surface area contributed by atoms with Gasteiger partial charge in [-0.25, -0.2) is 0 Å². The lowest BCUT2D eigenvalue weighted by atomic mass is 10.0. The van der Waals surface area contributed by atoms with E-state index in [2.05, 4.69) is 15.9 Å². The molecular weight excluding hydrogens is 428 g/mol. The highest BCUT2D eigenvalue weighted by molar-refractivity contribution is 9.10. The van der Waals surface area contributed by atoms with E-state index in [-0.39, 0.29) is 12.5 Å². The summed E-state index contributed by atoms with van der Waals surface area (Å²) in [5.41, 5.74) is 1.46. The summed E-state index contributed by atoms with van der Waals surface area (Å²) in [6.45, 7) is 0.0305. The molecule has 0 fully saturated rings. The van der Waals surface area contributed by atoms with Gasteiger partial charge in [0.05, 0.1) is 20.5 Å². The summed E-state index contributed by atoms with van der Waals surface area (Å²) in [7, 11) is 0.998. The van der Waals surface area contributed by atoms with Crippen LogP contribution >= 0.6 is 15.9 Å². The molecule has 7 nitrogen and oxygen atoms in total. The third-order valence-corrected chi connectivity index (χ3v) is 4.55. The standard InChI is InChI=1S/C17H19BrO7S/c1-21-10-24-17-15(18)14(22-2)9-13(16(17)23-3)11-5-7-12(8-6-11)25-26(4,19)20/h5-9H,10H2,1-4H3. The number of halogens is 1. The quantitative estimate of drug-likeness (QED) is 0.453. The molecular formula is C17H19BrO7S. The van der Waals surface area contributed by atoms with Crippen molar-refractivity contribution in [2.45, 2.75) is 0 Å². The van der Waals surface area contributed by atoms with Crippen LogP contribution in [0.4, 0.5) is 0 Å². The maximum Gasteiger partial charge on any atom is 0.306 e. The molecule has 0 atom stereocenters. The monoisotopic (exact) mass is 446 g/mol. The molecule has 142 valence electrons. The van der Waals surface area contributed by atoms with Crippen molar-refractivity contribution >= 4 is 26.0 Å². The first-order chi connectivity index (χ1) is 12.3. The van der Waals surface area contributed by atoms with E-state index in [4.69, 9.17) is 23.1 Å². The van der Waals surface area contributed by atoms with E-state index in [1.54, 1.807) is 37.4 Å². The first-order valence-electron chi connectivity index (χ1n) is 7.36. The van der Waals surface area contributed by atoms with Crippen molar-refractivity contribution in [3.05, 3.63) is 34.8 Å². The van der Waals surface area contributed by atoms with E-state index in [1.807, 2.05) is 0 Å². The minimum atomic E-state index is -3.59. The molecule has 2 aromatic rings. The average molecular weight is 447 g/mol. The number of ether oxygens (including phenoxy) is 4. The van der Waals surface area contributed by atoms with Gasteiger partial charge in [0.15, 0.2) is 18.3 Å². The summed E-state index contributed by atoms with van der Waals surface area (Å²) >= 11 is 3.44. The molecule has 0 aromatic heterocycles. The molecule has 26 heavy (non-hydrogen) atoms. The van der Waals surface area contributed by atoms with Crippen LogP contribution in [-0.4, -0.2) is 42.8 Å². The molecule has 2 rings (SSSR count). The maximum absolute atomic E-state index is 11.2. The van der Waals surface area contributed by atoms with Gasteiger partial charge in [-0.3, -0.25) is 0 Å². The Labute approximate surface area is 161 Å². The normalized spacial score (nSPS) is 11.1. The molecule has 0 saturated carbocycles. The third kappa shape index (κ3) is 4.80. The van der Waals surface area contributed by atoms with Crippen LogP contribution in [0, 0.1) is 0 Å². The van der Waals surface area contributed by atoms with Gasteiger partial charge in [-0.1, -0.05) is 12.1 Å². The Morgan fingerprint density at radius 2 is 1.65 bits per heavy atom. The maximum atomic E-state index is 11.2. The molecule has 0 heterocycles. The second-order valence-electron chi connectivity index (χ2n) is 5.17. The summed E-state index contributed by atoms with van der Waals surface area (Å²) in [6, 6.07) is 8.33. The Hall–Kier alpha value is -1.97.